The summed E-state index contributed by atoms with van der Waals surface area (Å²) in [6.45, 7) is 5.08. The number of nitrogens with zero attached hydrogens (tertiary/aromatic N) is 1. The Labute approximate surface area is 115 Å². The Kier molecular flexibility index (Phi) is 4.66. The average Bonchev–Trinajstić information content (AvgIpc) is 2.39. The molecule has 3 N–H and O–H groups in total. The van der Waals surface area contributed by atoms with Gasteiger partial charge < -0.3 is 15.8 Å². The number of hydrogen-bond acceptors (Lipinski definition) is 3. The second kappa shape index (κ2) is 6.45. The predicted octanol–water partition coefficient (Wildman–Crippen LogP) is 3.44. The van der Waals surface area contributed by atoms with Crippen molar-refractivity contribution >= 4 is 17.2 Å². The van der Waals surface area contributed by atoms with Crippen LogP contribution < -0.4 is 15.8 Å². The first kappa shape index (κ1) is 13.7. The number of nitrogens with two attached hydrogens (primary N) is 1. The number of aliphatic imine (C=N–C) groups is 1. The summed E-state index contributed by atoms with van der Waals surface area (Å²) in [6.07, 6.45) is 4.88. The molecule has 0 saturated carbocycles. The zero-order valence-electron chi connectivity index (χ0n) is 11.8. The van der Waals surface area contributed by atoms with E-state index in [1.54, 1.807) is 0 Å². The van der Waals surface area contributed by atoms with Crippen LogP contribution in [0.1, 0.15) is 39.5 Å². The molecule has 1 aromatic carbocycles. The highest BCUT2D eigenvalue weighted by atomic mass is 16.5. The van der Waals surface area contributed by atoms with Gasteiger partial charge in [0, 0.05) is 18.3 Å². The Morgan fingerprint density at radius 1 is 1.32 bits per heavy atom. The summed E-state index contributed by atoms with van der Waals surface area (Å²) in [4.78, 5) is 4.61. The van der Waals surface area contributed by atoms with Gasteiger partial charge in [-0.3, -0.25) is 4.99 Å². The van der Waals surface area contributed by atoms with Gasteiger partial charge in [-0.2, -0.15) is 0 Å². The van der Waals surface area contributed by atoms with Crippen LogP contribution >= 0.6 is 0 Å². The van der Waals surface area contributed by atoms with Crippen molar-refractivity contribution in [3.8, 4) is 5.75 Å². The maximum absolute atomic E-state index is 5.83. The van der Waals surface area contributed by atoms with Gasteiger partial charge in [-0.1, -0.05) is 26.2 Å². The van der Waals surface area contributed by atoms with E-state index >= 15 is 0 Å². The lowest BCUT2D eigenvalue weighted by Crippen LogP contribution is -2.35. The highest BCUT2D eigenvalue weighted by Gasteiger charge is 2.21. The minimum atomic E-state index is -0.0412. The lowest BCUT2D eigenvalue weighted by molar-refractivity contribution is 0.282. The van der Waals surface area contributed by atoms with Crippen molar-refractivity contribution in [3.63, 3.8) is 0 Å². The van der Waals surface area contributed by atoms with Crippen LogP contribution in [0.25, 0.3) is 0 Å². The third-order valence-electron chi connectivity index (χ3n) is 3.25. The third-order valence-corrected chi connectivity index (χ3v) is 3.25. The lowest BCUT2D eigenvalue weighted by Gasteiger charge is -2.26. The monoisotopic (exact) mass is 261 g/mol. The van der Waals surface area contributed by atoms with Crippen LogP contribution in [0.4, 0.5) is 11.4 Å². The van der Waals surface area contributed by atoms with Crippen LogP contribution in [0, 0.1) is 0 Å². The second-order valence-corrected chi connectivity index (χ2v) is 4.97. The normalized spacial score (nSPS) is 19.7. The van der Waals surface area contributed by atoms with Crippen LogP contribution in [0.2, 0.25) is 0 Å². The number of anilines is 2. The molecule has 4 nitrogen and oxygen atoms in total. The largest absolute Gasteiger partial charge is 0.481 e. The average molecular weight is 261 g/mol. The summed E-state index contributed by atoms with van der Waals surface area (Å²) in [6, 6.07) is 5.64. The third kappa shape index (κ3) is 3.63. The quantitative estimate of drug-likeness (QED) is 0.630. The molecule has 1 atom stereocenters. The van der Waals surface area contributed by atoms with E-state index in [-0.39, 0.29) is 6.10 Å². The van der Waals surface area contributed by atoms with Crippen molar-refractivity contribution in [2.45, 2.75) is 45.6 Å². The maximum atomic E-state index is 5.83. The van der Waals surface area contributed by atoms with E-state index in [0.717, 1.165) is 30.2 Å². The molecule has 1 heterocycles. The standard InChI is InChI=1S/C15H23N3O/c1-3-4-5-6-9-17-15-11(2)19-14-10-12(16)7-8-13(14)18-15/h7-8,10-11H,3-6,9,16H2,1-2H3,(H,17,18). The second-order valence-electron chi connectivity index (χ2n) is 4.97. The number of nitrogens with one attached hydrogen (secondary N) is 1. The molecule has 0 saturated heterocycles. The first-order valence-electron chi connectivity index (χ1n) is 7.08. The van der Waals surface area contributed by atoms with Gasteiger partial charge in [-0.05, 0) is 25.5 Å². The van der Waals surface area contributed by atoms with Crippen molar-refractivity contribution < 1.29 is 4.74 Å². The van der Waals surface area contributed by atoms with Gasteiger partial charge >= 0.3 is 0 Å². The fraction of sp³-hybridized carbons (Fsp3) is 0.533. The fourth-order valence-corrected chi connectivity index (χ4v) is 2.13. The van der Waals surface area contributed by atoms with Gasteiger partial charge in [0.05, 0.1) is 5.69 Å². The van der Waals surface area contributed by atoms with Gasteiger partial charge in [-0.25, -0.2) is 0 Å². The molecular formula is C15H23N3O. The van der Waals surface area contributed by atoms with E-state index in [2.05, 4.69) is 17.2 Å². The lowest BCUT2D eigenvalue weighted by atomic mass is 10.2. The molecule has 104 valence electrons. The van der Waals surface area contributed by atoms with E-state index in [9.17, 15) is 0 Å². The van der Waals surface area contributed by atoms with Crippen molar-refractivity contribution in [2.24, 2.45) is 4.99 Å². The molecule has 0 bridgehead atoms. The van der Waals surface area contributed by atoms with E-state index < -0.39 is 0 Å². The summed E-state index contributed by atoms with van der Waals surface area (Å²) >= 11 is 0. The molecule has 0 fully saturated rings. The van der Waals surface area contributed by atoms with Crippen LogP contribution in [-0.4, -0.2) is 18.5 Å². The van der Waals surface area contributed by atoms with Crippen molar-refractivity contribution in [1.29, 1.82) is 0 Å². The minimum Gasteiger partial charge on any atom is -0.481 e. The number of hydrogen-bond donors (Lipinski definition) is 2. The number of rotatable bonds is 5. The zero-order chi connectivity index (χ0) is 13.7. The van der Waals surface area contributed by atoms with E-state index in [0.29, 0.717) is 5.69 Å². The Morgan fingerprint density at radius 2 is 2.16 bits per heavy atom. The fourth-order valence-electron chi connectivity index (χ4n) is 2.13. The van der Waals surface area contributed by atoms with Crippen LogP contribution in [-0.2, 0) is 0 Å². The molecular weight excluding hydrogens is 238 g/mol. The summed E-state index contributed by atoms with van der Waals surface area (Å²) in [7, 11) is 0. The van der Waals surface area contributed by atoms with Crippen molar-refractivity contribution in [1.82, 2.24) is 0 Å². The Hall–Kier alpha value is -1.71. The summed E-state index contributed by atoms with van der Waals surface area (Å²) in [5, 5.41) is 3.33. The molecule has 19 heavy (non-hydrogen) atoms. The number of unbranched alkanes of at least 4 members (excludes halogenated alkanes) is 3. The highest BCUT2D eigenvalue weighted by Crippen LogP contribution is 2.31. The molecule has 1 aromatic rings. The molecule has 0 radical (unpaired) electrons. The van der Waals surface area contributed by atoms with Crippen LogP contribution in [0.15, 0.2) is 23.2 Å². The molecule has 0 amide bonds. The summed E-state index contributed by atoms with van der Waals surface area (Å²) < 4.78 is 5.83. The van der Waals surface area contributed by atoms with Crippen molar-refractivity contribution in [3.05, 3.63) is 18.2 Å². The number of ether oxygens (including phenoxy) is 1. The molecule has 4 heteroatoms. The Bertz CT molecular complexity index is 457. The summed E-state index contributed by atoms with van der Waals surface area (Å²) in [5.41, 5.74) is 7.41. The van der Waals surface area contributed by atoms with E-state index in [4.69, 9.17) is 10.5 Å². The van der Waals surface area contributed by atoms with Gasteiger partial charge in [0.25, 0.3) is 0 Å². The minimum absolute atomic E-state index is 0.0412. The van der Waals surface area contributed by atoms with Crippen LogP contribution in [0.3, 0.4) is 0 Å². The molecule has 0 spiro atoms. The SMILES string of the molecule is CCCCCCN=C1Nc2ccc(N)cc2OC1C. The molecule has 2 rings (SSSR count). The van der Waals surface area contributed by atoms with Gasteiger partial charge in [0.1, 0.15) is 11.6 Å². The van der Waals surface area contributed by atoms with Gasteiger partial charge in [0.15, 0.2) is 6.10 Å². The maximum Gasteiger partial charge on any atom is 0.153 e. The van der Waals surface area contributed by atoms with Gasteiger partial charge in [-0.15, -0.1) is 0 Å². The number of nitrogen functional groups attached to an aromatic ring is 1. The highest BCUT2D eigenvalue weighted by molar-refractivity contribution is 6.01. The predicted molar refractivity (Wildman–Crippen MR) is 81.0 cm³/mol. The zero-order valence-corrected chi connectivity index (χ0v) is 11.8. The van der Waals surface area contributed by atoms with E-state index in [1.165, 1.54) is 19.3 Å². The topological polar surface area (TPSA) is 59.6 Å². The van der Waals surface area contributed by atoms with Crippen LogP contribution in [0.5, 0.6) is 5.75 Å². The first-order chi connectivity index (χ1) is 9.20. The first-order valence-corrected chi connectivity index (χ1v) is 7.08. The number of amidine groups is 1. The Morgan fingerprint density at radius 3 is 2.95 bits per heavy atom. The molecule has 1 aliphatic heterocycles. The van der Waals surface area contributed by atoms with E-state index in [1.807, 2.05) is 25.1 Å². The molecule has 0 aromatic heterocycles. The number of benzene rings is 1. The van der Waals surface area contributed by atoms with Gasteiger partial charge in [0.2, 0.25) is 0 Å². The smallest absolute Gasteiger partial charge is 0.153 e. The molecule has 1 unspecified atom stereocenters. The Balaban J connectivity index is 1.97. The van der Waals surface area contributed by atoms with Crippen molar-refractivity contribution in [2.75, 3.05) is 17.6 Å². The molecule has 0 aliphatic carbocycles. The molecule has 1 aliphatic rings. The summed E-state index contributed by atoms with van der Waals surface area (Å²) in [5.74, 6) is 1.71. The number of fused-ring (bicyclic) bond motifs is 1.